The van der Waals surface area contributed by atoms with Gasteiger partial charge in [-0.05, 0) is 67.1 Å². The number of fused-ring (bicyclic) bond motifs is 1. The van der Waals surface area contributed by atoms with Crippen molar-refractivity contribution in [2.24, 2.45) is 0 Å². The molecule has 2 aliphatic rings. The van der Waals surface area contributed by atoms with Crippen LogP contribution in [-0.2, 0) is 11.2 Å². The highest BCUT2D eigenvalue weighted by atomic mass is 16.5. The van der Waals surface area contributed by atoms with Crippen LogP contribution in [0, 0.1) is 0 Å². The second kappa shape index (κ2) is 10.2. The van der Waals surface area contributed by atoms with Gasteiger partial charge in [0.1, 0.15) is 11.8 Å². The van der Waals surface area contributed by atoms with E-state index in [0.29, 0.717) is 24.5 Å². The lowest BCUT2D eigenvalue weighted by molar-refractivity contribution is -0.131. The lowest BCUT2D eigenvalue weighted by Crippen LogP contribution is -2.52. The van der Waals surface area contributed by atoms with Gasteiger partial charge in [0.05, 0.1) is 27.4 Å². The van der Waals surface area contributed by atoms with E-state index in [2.05, 4.69) is 5.32 Å². The van der Waals surface area contributed by atoms with E-state index in [0.717, 1.165) is 48.4 Å². The molecule has 1 fully saturated rings. The Morgan fingerprint density at radius 1 is 0.941 bits per heavy atom. The van der Waals surface area contributed by atoms with E-state index in [4.69, 9.17) is 14.2 Å². The minimum absolute atomic E-state index is 0.0318. The molecule has 2 atom stereocenters. The SMILES string of the molecule is COc1ccc([C@@H]2c3cc(OC)c(OC)cc3CCN2C(=O)N[C@H](C)C(=O)N2CCCC2)cc1. The van der Waals surface area contributed by atoms with E-state index in [9.17, 15) is 9.59 Å². The van der Waals surface area contributed by atoms with Crippen molar-refractivity contribution in [3.05, 3.63) is 53.1 Å². The molecule has 0 saturated carbocycles. The van der Waals surface area contributed by atoms with Gasteiger partial charge in [-0.1, -0.05) is 12.1 Å². The highest BCUT2D eigenvalue weighted by Gasteiger charge is 2.35. The number of amides is 3. The molecule has 34 heavy (non-hydrogen) atoms. The molecule has 0 aliphatic carbocycles. The number of likely N-dealkylation sites (tertiary alicyclic amines) is 1. The summed E-state index contributed by atoms with van der Waals surface area (Å²) >= 11 is 0. The van der Waals surface area contributed by atoms with E-state index in [1.165, 1.54) is 0 Å². The summed E-state index contributed by atoms with van der Waals surface area (Å²) in [6.45, 7) is 3.78. The summed E-state index contributed by atoms with van der Waals surface area (Å²) in [6.07, 6.45) is 2.70. The van der Waals surface area contributed by atoms with E-state index in [1.807, 2.05) is 41.3 Å². The van der Waals surface area contributed by atoms with Crippen molar-refractivity contribution in [1.29, 1.82) is 0 Å². The third kappa shape index (κ3) is 4.62. The van der Waals surface area contributed by atoms with Gasteiger partial charge in [-0.15, -0.1) is 0 Å². The van der Waals surface area contributed by atoms with Crippen LogP contribution in [0.5, 0.6) is 17.2 Å². The van der Waals surface area contributed by atoms with Crippen LogP contribution in [0.15, 0.2) is 36.4 Å². The third-order valence-corrected chi connectivity index (χ3v) is 6.69. The van der Waals surface area contributed by atoms with E-state index in [-0.39, 0.29) is 18.0 Å². The van der Waals surface area contributed by atoms with Crippen molar-refractivity contribution in [2.75, 3.05) is 41.0 Å². The standard InChI is InChI=1S/C26H33N3O5/c1-17(25(30)28-12-5-6-13-28)27-26(31)29-14-11-19-15-22(33-3)23(34-4)16-21(19)24(29)18-7-9-20(32-2)10-8-18/h7-10,15-17,24H,5-6,11-14H2,1-4H3,(H,27,31)/t17-,24-/m1/s1. The number of hydrogen-bond acceptors (Lipinski definition) is 5. The monoisotopic (exact) mass is 467 g/mol. The molecular weight excluding hydrogens is 434 g/mol. The Bertz CT molecular complexity index is 1030. The summed E-state index contributed by atoms with van der Waals surface area (Å²) in [4.78, 5) is 29.9. The van der Waals surface area contributed by atoms with Gasteiger partial charge < -0.3 is 29.3 Å². The molecule has 2 heterocycles. The minimum atomic E-state index is -0.589. The molecule has 4 rings (SSSR count). The lowest BCUT2D eigenvalue weighted by Gasteiger charge is -2.38. The second-order valence-electron chi connectivity index (χ2n) is 8.73. The van der Waals surface area contributed by atoms with Crippen molar-refractivity contribution in [3.63, 3.8) is 0 Å². The summed E-state index contributed by atoms with van der Waals surface area (Å²) < 4.78 is 16.4. The fourth-order valence-corrected chi connectivity index (χ4v) is 4.85. The average molecular weight is 468 g/mol. The van der Waals surface area contributed by atoms with Crippen molar-refractivity contribution in [3.8, 4) is 17.2 Å². The molecule has 0 spiro atoms. The fourth-order valence-electron chi connectivity index (χ4n) is 4.85. The molecule has 1 N–H and O–H groups in total. The lowest BCUT2D eigenvalue weighted by atomic mass is 9.87. The number of carbonyl (C=O) groups is 2. The zero-order chi connectivity index (χ0) is 24.2. The third-order valence-electron chi connectivity index (χ3n) is 6.69. The van der Waals surface area contributed by atoms with E-state index >= 15 is 0 Å². The molecule has 3 amide bonds. The van der Waals surface area contributed by atoms with E-state index < -0.39 is 6.04 Å². The number of hydrogen-bond donors (Lipinski definition) is 1. The Hall–Kier alpha value is -3.42. The zero-order valence-electron chi connectivity index (χ0n) is 20.3. The molecule has 8 heteroatoms. The molecule has 8 nitrogen and oxygen atoms in total. The summed E-state index contributed by atoms with van der Waals surface area (Å²) in [5, 5.41) is 2.95. The first kappa shape index (κ1) is 23.7. The van der Waals surface area contributed by atoms with Gasteiger partial charge in [-0.2, -0.15) is 0 Å². The first-order chi connectivity index (χ1) is 16.5. The predicted octanol–water partition coefficient (Wildman–Crippen LogP) is 3.38. The van der Waals surface area contributed by atoms with Gasteiger partial charge in [-0.25, -0.2) is 4.79 Å². The highest BCUT2D eigenvalue weighted by molar-refractivity contribution is 5.87. The first-order valence-electron chi connectivity index (χ1n) is 11.7. The van der Waals surface area contributed by atoms with Gasteiger partial charge in [0.25, 0.3) is 0 Å². The topological polar surface area (TPSA) is 80.3 Å². The van der Waals surface area contributed by atoms with E-state index in [1.54, 1.807) is 33.2 Å². The number of carbonyl (C=O) groups excluding carboxylic acids is 2. The van der Waals surface area contributed by atoms with Gasteiger partial charge in [0.15, 0.2) is 11.5 Å². The molecule has 0 bridgehead atoms. The van der Waals surface area contributed by atoms with Crippen molar-refractivity contribution >= 4 is 11.9 Å². The molecule has 0 unspecified atom stereocenters. The van der Waals surface area contributed by atoms with Crippen LogP contribution < -0.4 is 19.5 Å². The van der Waals surface area contributed by atoms with Crippen LogP contribution in [0.3, 0.4) is 0 Å². The Morgan fingerprint density at radius 3 is 2.21 bits per heavy atom. The quantitative estimate of drug-likeness (QED) is 0.705. The van der Waals surface area contributed by atoms with Gasteiger partial charge in [-0.3, -0.25) is 4.79 Å². The van der Waals surface area contributed by atoms with Gasteiger partial charge in [0.2, 0.25) is 5.91 Å². The molecule has 2 aliphatic heterocycles. The summed E-state index contributed by atoms with van der Waals surface area (Å²) in [6, 6.07) is 10.4. The summed E-state index contributed by atoms with van der Waals surface area (Å²) in [7, 11) is 4.85. The Kier molecular flexibility index (Phi) is 7.14. The predicted molar refractivity (Wildman–Crippen MR) is 129 cm³/mol. The molecule has 2 aromatic carbocycles. The first-order valence-corrected chi connectivity index (χ1v) is 11.7. The van der Waals surface area contributed by atoms with Gasteiger partial charge in [0, 0.05) is 19.6 Å². The second-order valence-corrected chi connectivity index (χ2v) is 8.73. The molecule has 1 saturated heterocycles. The average Bonchev–Trinajstić information content (AvgIpc) is 3.41. The normalized spacial score (nSPS) is 18.2. The minimum Gasteiger partial charge on any atom is -0.497 e. The number of rotatable bonds is 6. The van der Waals surface area contributed by atoms with Crippen LogP contribution in [-0.4, -0.2) is 68.7 Å². The van der Waals surface area contributed by atoms with Crippen molar-refractivity contribution in [1.82, 2.24) is 15.1 Å². The van der Waals surface area contributed by atoms with Crippen LogP contribution in [0.4, 0.5) is 4.79 Å². The van der Waals surface area contributed by atoms with Crippen LogP contribution >= 0.6 is 0 Å². The van der Waals surface area contributed by atoms with Crippen LogP contribution in [0.2, 0.25) is 0 Å². The van der Waals surface area contributed by atoms with Crippen LogP contribution in [0.25, 0.3) is 0 Å². The number of methoxy groups -OCH3 is 3. The summed E-state index contributed by atoms with van der Waals surface area (Å²) in [5.41, 5.74) is 3.02. The maximum absolute atomic E-state index is 13.5. The highest BCUT2D eigenvalue weighted by Crippen LogP contribution is 2.41. The van der Waals surface area contributed by atoms with Crippen molar-refractivity contribution < 1.29 is 23.8 Å². The largest absolute Gasteiger partial charge is 0.497 e. The number of ether oxygens (including phenoxy) is 3. The van der Waals surface area contributed by atoms with Crippen molar-refractivity contribution in [2.45, 2.75) is 38.3 Å². The smallest absolute Gasteiger partial charge is 0.318 e. The molecule has 0 aromatic heterocycles. The Labute approximate surface area is 200 Å². The van der Waals surface area contributed by atoms with Gasteiger partial charge >= 0.3 is 6.03 Å². The summed E-state index contributed by atoms with van der Waals surface area (Å²) in [5.74, 6) is 1.99. The molecule has 0 radical (unpaired) electrons. The zero-order valence-corrected chi connectivity index (χ0v) is 20.3. The number of urea groups is 1. The van der Waals surface area contributed by atoms with Crippen LogP contribution in [0.1, 0.15) is 42.5 Å². The Morgan fingerprint density at radius 2 is 1.59 bits per heavy atom. The maximum Gasteiger partial charge on any atom is 0.318 e. The maximum atomic E-state index is 13.5. The Balaban J connectivity index is 1.66. The number of benzene rings is 2. The molecule has 182 valence electrons. The molecular formula is C26H33N3O5. The fraction of sp³-hybridized carbons (Fsp3) is 0.462. The molecule has 2 aromatic rings. The number of nitrogens with one attached hydrogen (secondary N) is 1. The number of nitrogens with zero attached hydrogens (tertiary/aromatic N) is 2.